The summed E-state index contributed by atoms with van der Waals surface area (Å²) in [6.07, 6.45) is 3.92. The molecule has 0 radical (unpaired) electrons. The average Bonchev–Trinajstić information content (AvgIpc) is 3.10. The fraction of sp³-hybridized carbons (Fsp3) is 0.150. The average molecular weight is 352 g/mol. The summed E-state index contributed by atoms with van der Waals surface area (Å²) in [5.41, 5.74) is 3.78. The van der Waals surface area contributed by atoms with E-state index in [2.05, 4.69) is 11.1 Å². The lowest BCUT2D eigenvalue weighted by molar-refractivity contribution is 0.0711. The molecule has 5 heteroatoms. The van der Waals surface area contributed by atoms with Crippen molar-refractivity contribution in [2.45, 2.75) is 6.17 Å². The molecule has 0 N–H and O–H groups in total. The quantitative estimate of drug-likeness (QED) is 0.686. The first-order valence-corrected chi connectivity index (χ1v) is 8.47. The van der Waals surface area contributed by atoms with Crippen LogP contribution in [0.5, 0.6) is 0 Å². The summed E-state index contributed by atoms with van der Waals surface area (Å²) < 4.78 is 2.04. The van der Waals surface area contributed by atoms with E-state index >= 15 is 0 Å². The van der Waals surface area contributed by atoms with Crippen LogP contribution in [-0.4, -0.2) is 29.5 Å². The maximum atomic E-state index is 12.7. The van der Waals surface area contributed by atoms with Gasteiger partial charge in [0.1, 0.15) is 6.17 Å². The first kappa shape index (κ1) is 15.8. The van der Waals surface area contributed by atoms with E-state index in [1.807, 2.05) is 79.5 Å². The zero-order valence-corrected chi connectivity index (χ0v) is 14.8. The Morgan fingerprint density at radius 2 is 1.64 bits per heavy atom. The molecule has 0 unspecified atom stereocenters. The summed E-state index contributed by atoms with van der Waals surface area (Å²) in [6.45, 7) is 0. The number of fused-ring (bicyclic) bond motifs is 1. The molecular formula is C20H18ClN3O. The number of nitrogens with zero attached hydrogens (tertiary/aromatic N) is 3. The lowest BCUT2D eigenvalue weighted by Crippen LogP contribution is -2.45. The second-order valence-corrected chi connectivity index (χ2v) is 6.68. The molecule has 0 saturated carbocycles. The number of para-hydroxylation sites is 1. The Bertz CT molecular complexity index is 932. The SMILES string of the molecule is CN1C(=O)c2ccccc2N(C)[C@H]1c1ccn(-c2ccc(Cl)cc2)c1. The van der Waals surface area contributed by atoms with Gasteiger partial charge in [-0.25, -0.2) is 0 Å². The highest BCUT2D eigenvalue weighted by atomic mass is 35.5. The first-order valence-electron chi connectivity index (χ1n) is 8.09. The summed E-state index contributed by atoms with van der Waals surface area (Å²) in [7, 11) is 3.87. The van der Waals surface area contributed by atoms with Crippen molar-refractivity contribution in [1.29, 1.82) is 0 Å². The van der Waals surface area contributed by atoms with Crippen molar-refractivity contribution in [2.24, 2.45) is 0 Å². The second-order valence-electron chi connectivity index (χ2n) is 6.25. The number of rotatable bonds is 2. The van der Waals surface area contributed by atoms with Crippen LogP contribution in [-0.2, 0) is 0 Å². The van der Waals surface area contributed by atoms with Crippen molar-refractivity contribution in [3.63, 3.8) is 0 Å². The van der Waals surface area contributed by atoms with Gasteiger partial charge in [-0.3, -0.25) is 4.79 Å². The van der Waals surface area contributed by atoms with Gasteiger partial charge in [0.15, 0.2) is 0 Å². The fourth-order valence-electron chi connectivity index (χ4n) is 3.44. The lowest BCUT2D eigenvalue weighted by Gasteiger charge is -2.41. The van der Waals surface area contributed by atoms with Crippen molar-refractivity contribution in [3.8, 4) is 5.69 Å². The molecule has 1 aliphatic heterocycles. The van der Waals surface area contributed by atoms with Crippen LogP contribution in [0.15, 0.2) is 67.0 Å². The van der Waals surface area contributed by atoms with Crippen LogP contribution in [0.3, 0.4) is 0 Å². The van der Waals surface area contributed by atoms with Crippen molar-refractivity contribution in [2.75, 3.05) is 19.0 Å². The van der Waals surface area contributed by atoms with E-state index in [0.717, 1.165) is 22.5 Å². The van der Waals surface area contributed by atoms with Crippen LogP contribution in [0.2, 0.25) is 5.02 Å². The van der Waals surface area contributed by atoms with Gasteiger partial charge in [0.25, 0.3) is 5.91 Å². The largest absolute Gasteiger partial charge is 0.350 e. The minimum Gasteiger partial charge on any atom is -0.350 e. The van der Waals surface area contributed by atoms with Crippen LogP contribution < -0.4 is 4.90 Å². The second kappa shape index (κ2) is 5.97. The maximum Gasteiger partial charge on any atom is 0.257 e. The molecule has 4 rings (SSSR count). The first-order chi connectivity index (χ1) is 12.1. The van der Waals surface area contributed by atoms with Gasteiger partial charge in [-0.05, 0) is 42.5 Å². The summed E-state index contributed by atoms with van der Waals surface area (Å²) in [4.78, 5) is 16.7. The van der Waals surface area contributed by atoms with E-state index in [1.165, 1.54) is 0 Å². The molecule has 25 heavy (non-hydrogen) atoms. The molecule has 0 fully saturated rings. The van der Waals surface area contributed by atoms with Crippen LogP contribution in [0, 0.1) is 0 Å². The number of amides is 1. The Labute approximate surface area is 151 Å². The molecule has 0 saturated heterocycles. The van der Waals surface area contributed by atoms with Gasteiger partial charge < -0.3 is 14.4 Å². The Morgan fingerprint density at radius 3 is 2.40 bits per heavy atom. The molecule has 0 spiro atoms. The number of aromatic nitrogens is 1. The van der Waals surface area contributed by atoms with E-state index in [9.17, 15) is 4.79 Å². The molecule has 2 heterocycles. The Hall–Kier alpha value is -2.72. The molecule has 4 nitrogen and oxygen atoms in total. The van der Waals surface area contributed by atoms with Crippen LogP contribution in [0.1, 0.15) is 22.1 Å². The standard InChI is InChI=1S/C20H18ClN3O/c1-22-18-6-4-3-5-17(18)20(25)23(2)19(22)14-11-12-24(13-14)16-9-7-15(21)8-10-16/h3-13,19H,1-2H3/t19-/m1/s1. The summed E-state index contributed by atoms with van der Waals surface area (Å²) in [5.74, 6) is 0.0398. The predicted molar refractivity (Wildman–Crippen MR) is 100 cm³/mol. The zero-order chi connectivity index (χ0) is 17.6. The maximum absolute atomic E-state index is 12.7. The monoisotopic (exact) mass is 351 g/mol. The van der Waals surface area contributed by atoms with Crippen LogP contribution in [0.25, 0.3) is 5.69 Å². The van der Waals surface area contributed by atoms with Gasteiger partial charge in [-0.2, -0.15) is 0 Å². The van der Waals surface area contributed by atoms with Gasteiger partial charge in [0.05, 0.1) is 11.3 Å². The number of hydrogen-bond acceptors (Lipinski definition) is 2. The zero-order valence-electron chi connectivity index (χ0n) is 14.1. The topological polar surface area (TPSA) is 28.5 Å². The number of anilines is 1. The lowest BCUT2D eigenvalue weighted by atomic mass is 10.0. The van der Waals surface area contributed by atoms with Gasteiger partial charge in [-0.1, -0.05) is 23.7 Å². The minimum atomic E-state index is -0.143. The molecule has 126 valence electrons. The van der Waals surface area contributed by atoms with Gasteiger partial charge in [-0.15, -0.1) is 0 Å². The van der Waals surface area contributed by atoms with Crippen molar-refractivity contribution in [1.82, 2.24) is 9.47 Å². The predicted octanol–water partition coefficient (Wildman–Crippen LogP) is 4.35. The smallest absolute Gasteiger partial charge is 0.257 e. The number of halogens is 1. The highest BCUT2D eigenvalue weighted by Crippen LogP contribution is 2.36. The highest BCUT2D eigenvalue weighted by Gasteiger charge is 2.34. The molecule has 1 aromatic heterocycles. The van der Waals surface area contributed by atoms with Crippen molar-refractivity contribution < 1.29 is 4.79 Å². The number of benzene rings is 2. The number of carbonyl (C=O) groups excluding carboxylic acids is 1. The third-order valence-corrected chi connectivity index (χ3v) is 4.96. The molecule has 1 aliphatic rings. The Morgan fingerprint density at radius 1 is 0.920 bits per heavy atom. The van der Waals surface area contributed by atoms with Gasteiger partial charge in [0.2, 0.25) is 0 Å². The molecule has 3 aromatic rings. The van der Waals surface area contributed by atoms with Gasteiger partial charge in [0, 0.05) is 42.8 Å². The Kier molecular flexibility index (Phi) is 3.77. The van der Waals surface area contributed by atoms with Gasteiger partial charge >= 0.3 is 0 Å². The number of carbonyl (C=O) groups is 1. The van der Waals surface area contributed by atoms with E-state index in [1.54, 1.807) is 4.90 Å². The normalized spacial score (nSPS) is 16.9. The molecule has 0 bridgehead atoms. The third kappa shape index (κ3) is 2.59. The Balaban J connectivity index is 1.73. The third-order valence-electron chi connectivity index (χ3n) is 4.71. The van der Waals surface area contributed by atoms with Crippen molar-refractivity contribution in [3.05, 3.63) is 83.1 Å². The van der Waals surface area contributed by atoms with Crippen molar-refractivity contribution >= 4 is 23.2 Å². The van der Waals surface area contributed by atoms with E-state index in [-0.39, 0.29) is 12.1 Å². The van der Waals surface area contributed by atoms with Crippen LogP contribution >= 0.6 is 11.6 Å². The van der Waals surface area contributed by atoms with E-state index in [0.29, 0.717) is 5.02 Å². The van der Waals surface area contributed by atoms with E-state index < -0.39 is 0 Å². The molecule has 1 atom stereocenters. The molecule has 1 amide bonds. The minimum absolute atomic E-state index is 0.0398. The molecule has 0 aliphatic carbocycles. The summed E-state index contributed by atoms with van der Waals surface area (Å²) in [5, 5.41) is 0.713. The molecular weight excluding hydrogens is 334 g/mol. The summed E-state index contributed by atoms with van der Waals surface area (Å²) in [6, 6.07) is 17.5. The van der Waals surface area contributed by atoms with Crippen LogP contribution in [0.4, 0.5) is 5.69 Å². The number of hydrogen-bond donors (Lipinski definition) is 0. The fourth-order valence-corrected chi connectivity index (χ4v) is 3.57. The highest BCUT2D eigenvalue weighted by molar-refractivity contribution is 6.30. The summed E-state index contributed by atoms with van der Waals surface area (Å²) >= 11 is 5.97. The van der Waals surface area contributed by atoms with E-state index in [4.69, 9.17) is 11.6 Å². The molecule has 2 aromatic carbocycles.